The minimum atomic E-state index is -0.856. The molecule has 6 heteroatoms. The largest absolute Gasteiger partial charge is 0.481 e. The van der Waals surface area contributed by atoms with Gasteiger partial charge in [0.15, 0.2) is 0 Å². The fourth-order valence-electron chi connectivity index (χ4n) is 3.20. The van der Waals surface area contributed by atoms with Crippen molar-refractivity contribution < 1.29 is 14.7 Å². The normalized spacial score (nSPS) is 27.9. The summed E-state index contributed by atoms with van der Waals surface area (Å²) in [5.74, 6) is 0.137. The molecule has 1 amide bonds. The van der Waals surface area contributed by atoms with Crippen LogP contribution in [0.4, 0.5) is 0 Å². The van der Waals surface area contributed by atoms with Gasteiger partial charge < -0.3 is 14.9 Å². The zero-order valence-corrected chi connectivity index (χ0v) is 12.2. The van der Waals surface area contributed by atoms with Crippen LogP contribution in [0, 0.1) is 5.92 Å². The fraction of sp³-hybridized carbons (Fsp3) is 0.846. The molecule has 2 aliphatic rings. The monoisotopic (exact) mass is 286 g/mol. The number of rotatable bonds is 4. The van der Waals surface area contributed by atoms with Crippen molar-refractivity contribution >= 4 is 23.6 Å². The van der Waals surface area contributed by atoms with E-state index in [-0.39, 0.29) is 11.7 Å². The third-order valence-electron chi connectivity index (χ3n) is 4.15. The fourth-order valence-corrected chi connectivity index (χ4v) is 3.83. The van der Waals surface area contributed by atoms with Gasteiger partial charge in [0, 0.05) is 19.1 Å². The predicted octanol–water partition coefficient (Wildman–Crippen LogP) is 0.747. The number of amides is 1. The van der Waals surface area contributed by atoms with Gasteiger partial charge in [-0.3, -0.25) is 9.59 Å². The summed E-state index contributed by atoms with van der Waals surface area (Å²) in [7, 11) is 2.18. The Morgan fingerprint density at radius 2 is 2.05 bits per heavy atom. The van der Waals surface area contributed by atoms with E-state index in [9.17, 15) is 9.59 Å². The maximum Gasteiger partial charge on any atom is 0.313 e. The molecule has 0 aromatic rings. The van der Waals surface area contributed by atoms with Crippen molar-refractivity contribution in [2.24, 2.45) is 5.92 Å². The van der Waals surface area contributed by atoms with Gasteiger partial charge in [0.1, 0.15) is 0 Å². The van der Waals surface area contributed by atoms with Crippen molar-refractivity contribution in [1.29, 1.82) is 0 Å². The Labute approximate surface area is 118 Å². The van der Waals surface area contributed by atoms with Gasteiger partial charge in [-0.15, -0.1) is 11.8 Å². The second kappa shape index (κ2) is 6.61. The molecule has 2 saturated heterocycles. The Bertz CT molecular complexity index is 351. The van der Waals surface area contributed by atoms with Crippen LogP contribution in [0.25, 0.3) is 0 Å². The van der Waals surface area contributed by atoms with Crippen LogP contribution in [-0.4, -0.2) is 71.0 Å². The summed E-state index contributed by atoms with van der Waals surface area (Å²) in [6.45, 7) is 2.84. The van der Waals surface area contributed by atoms with Gasteiger partial charge in [-0.25, -0.2) is 0 Å². The smallest absolute Gasteiger partial charge is 0.313 e. The second-order valence-corrected chi connectivity index (χ2v) is 6.45. The lowest BCUT2D eigenvalue weighted by Gasteiger charge is -2.46. The number of likely N-dealkylation sites (tertiary alicyclic amines) is 2. The zero-order valence-electron chi connectivity index (χ0n) is 11.4. The lowest BCUT2D eigenvalue weighted by Crippen LogP contribution is -2.54. The third kappa shape index (κ3) is 3.86. The van der Waals surface area contributed by atoms with Crippen molar-refractivity contribution in [3.05, 3.63) is 0 Å². The summed E-state index contributed by atoms with van der Waals surface area (Å²) in [5, 5.41) is 8.57. The van der Waals surface area contributed by atoms with Gasteiger partial charge in [0.05, 0.1) is 11.5 Å². The number of hydrogen-bond acceptors (Lipinski definition) is 4. The van der Waals surface area contributed by atoms with Crippen molar-refractivity contribution in [3.8, 4) is 0 Å². The van der Waals surface area contributed by atoms with E-state index < -0.39 is 5.97 Å². The van der Waals surface area contributed by atoms with Crippen LogP contribution in [0.15, 0.2) is 0 Å². The van der Waals surface area contributed by atoms with Crippen LogP contribution < -0.4 is 0 Å². The van der Waals surface area contributed by atoms with Crippen LogP contribution in [0.2, 0.25) is 0 Å². The molecule has 2 atom stereocenters. The molecule has 0 aromatic heterocycles. The highest BCUT2D eigenvalue weighted by atomic mass is 32.2. The molecule has 108 valence electrons. The molecule has 2 heterocycles. The van der Waals surface area contributed by atoms with E-state index in [0.29, 0.717) is 17.7 Å². The summed E-state index contributed by atoms with van der Waals surface area (Å²) in [6.07, 6.45) is 3.48. The number of thioether (sulfide) groups is 1. The number of nitrogens with zero attached hydrogens (tertiary/aromatic N) is 2. The van der Waals surface area contributed by atoms with Crippen molar-refractivity contribution in [3.63, 3.8) is 0 Å². The van der Waals surface area contributed by atoms with E-state index in [0.717, 1.165) is 19.5 Å². The molecule has 0 radical (unpaired) electrons. The number of carbonyl (C=O) groups excluding carboxylic acids is 1. The molecular formula is C13H22N2O3S. The lowest BCUT2D eigenvalue weighted by atomic mass is 9.84. The quantitative estimate of drug-likeness (QED) is 0.826. The average Bonchev–Trinajstić information content (AvgIpc) is 2.38. The number of aliphatic carboxylic acids is 1. The molecular weight excluding hydrogens is 264 g/mol. The van der Waals surface area contributed by atoms with Crippen LogP contribution in [0.5, 0.6) is 0 Å². The van der Waals surface area contributed by atoms with E-state index in [4.69, 9.17) is 5.11 Å². The van der Waals surface area contributed by atoms with Gasteiger partial charge >= 0.3 is 5.97 Å². The van der Waals surface area contributed by atoms with Crippen LogP contribution in [0.1, 0.15) is 19.3 Å². The molecule has 2 rings (SSSR count). The minimum Gasteiger partial charge on any atom is -0.481 e. The third-order valence-corrected chi connectivity index (χ3v) is 5.05. The van der Waals surface area contributed by atoms with Gasteiger partial charge in [-0.05, 0) is 38.8 Å². The Hall–Kier alpha value is -0.750. The van der Waals surface area contributed by atoms with Gasteiger partial charge in [0.2, 0.25) is 5.91 Å². The van der Waals surface area contributed by atoms with E-state index in [1.807, 2.05) is 4.90 Å². The molecule has 5 nitrogen and oxygen atoms in total. The molecule has 0 aromatic carbocycles. The summed E-state index contributed by atoms with van der Waals surface area (Å²) >= 11 is 1.19. The highest BCUT2D eigenvalue weighted by Gasteiger charge is 2.35. The van der Waals surface area contributed by atoms with Crippen LogP contribution >= 0.6 is 11.8 Å². The molecule has 1 N–H and O–H groups in total. The first kappa shape index (κ1) is 14.7. The molecule has 0 aliphatic carbocycles. The van der Waals surface area contributed by atoms with E-state index in [2.05, 4.69) is 11.9 Å². The van der Waals surface area contributed by atoms with Gasteiger partial charge in [0.25, 0.3) is 0 Å². The van der Waals surface area contributed by atoms with Crippen molar-refractivity contribution in [2.45, 2.75) is 25.3 Å². The van der Waals surface area contributed by atoms with Crippen LogP contribution in [-0.2, 0) is 9.59 Å². The number of hydrogen-bond donors (Lipinski definition) is 1. The molecule has 19 heavy (non-hydrogen) atoms. The molecule has 2 fully saturated rings. The minimum absolute atomic E-state index is 0.00830. The number of piperidine rings is 2. The maximum absolute atomic E-state index is 12.0. The SMILES string of the molecule is CN1CCCC2CN(C(=O)CSCC(=O)O)CCC21. The Morgan fingerprint density at radius 3 is 2.79 bits per heavy atom. The van der Waals surface area contributed by atoms with Crippen LogP contribution in [0.3, 0.4) is 0 Å². The Balaban J connectivity index is 1.79. The molecule has 0 bridgehead atoms. The number of carboxylic acids is 1. The predicted molar refractivity (Wildman–Crippen MR) is 75.3 cm³/mol. The second-order valence-electron chi connectivity index (χ2n) is 5.47. The molecule has 2 aliphatic heterocycles. The lowest BCUT2D eigenvalue weighted by molar-refractivity contribution is -0.133. The summed E-state index contributed by atoms with van der Waals surface area (Å²) in [4.78, 5) is 26.8. The first-order valence-corrected chi connectivity index (χ1v) is 8.01. The van der Waals surface area contributed by atoms with Crippen molar-refractivity contribution in [1.82, 2.24) is 9.80 Å². The standard InChI is InChI=1S/C13H22N2O3S/c1-14-5-2-3-10-7-15(6-4-11(10)14)12(16)8-19-9-13(17)18/h10-11H,2-9H2,1H3,(H,17,18). The van der Waals surface area contributed by atoms with Crippen molar-refractivity contribution in [2.75, 3.05) is 38.2 Å². The van der Waals surface area contributed by atoms with E-state index >= 15 is 0 Å². The number of carboxylic acid groups (broad SMARTS) is 1. The van der Waals surface area contributed by atoms with E-state index in [1.54, 1.807) is 0 Å². The summed E-state index contributed by atoms with van der Waals surface area (Å²) in [5.41, 5.74) is 0. The van der Waals surface area contributed by atoms with E-state index in [1.165, 1.54) is 31.1 Å². The van der Waals surface area contributed by atoms with Gasteiger partial charge in [-0.2, -0.15) is 0 Å². The average molecular weight is 286 g/mol. The Morgan fingerprint density at radius 1 is 1.26 bits per heavy atom. The maximum atomic E-state index is 12.0. The summed E-state index contributed by atoms with van der Waals surface area (Å²) < 4.78 is 0. The molecule has 0 saturated carbocycles. The number of fused-ring (bicyclic) bond motifs is 1. The first-order chi connectivity index (χ1) is 9.08. The molecule has 2 unspecified atom stereocenters. The van der Waals surface area contributed by atoms with Gasteiger partial charge in [-0.1, -0.05) is 0 Å². The highest BCUT2D eigenvalue weighted by Crippen LogP contribution is 2.29. The highest BCUT2D eigenvalue weighted by molar-refractivity contribution is 8.00. The number of carbonyl (C=O) groups is 2. The molecule has 0 spiro atoms. The first-order valence-electron chi connectivity index (χ1n) is 6.85. The zero-order chi connectivity index (χ0) is 13.8. The Kier molecular flexibility index (Phi) is 5.10. The topological polar surface area (TPSA) is 60.9 Å². The summed E-state index contributed by atoms with van der Waals surface area (Å²) in [6, 6.07) is 0.629.